The van der Waals surface area contributed by atoms with Gasteiger partial charge in [-0.1, -0.05) is 25.5 Å². The Balaban J connectivity index is 1.54. The number of allylic oxidation sites excluding steroid dienone is 2. The summed E-state index contributed by atoms with van der Waals surface area (Å²) in [7, 11) is 0. The Labute approximate surface area is 118 Å². The first-order valence-electron chi connectivity index (χ1n) is 8.92. The summed E-state index contributed by atoms with van der Waals surface area (Å²) in [6, 6.07) is 0. The van der Waals surface area contributed by atoms with Crippen LogP contribution in [-0.4, -0.2) is 0 Å². The maximum atomic E-state index is 2.72. The fourth-order valence-corrected chi connectivity index (χ4v) is 7.40. The van der Waals surface area contributed by atoms with E-state index < -0.39 is 0 Å². The van der Waals surface area contributed by atoms with Gasteiger partial charge in [-0.2, -0.15) is 0 Å². The lowest BCUT2D eigenvalue weighted by Gasteiger charge is -2.70. The van der Waals surface area contributed by atoms with Gasteiger partial charge in [0.25, 0.3) is 0 Å². The van der Waals surface area contributed by atoms with Crippen LogP contribution < -0.4 is 0 Å². The molecule has 7 fully saturated rings. The van der Waals surface area contributed by atoms with Crippen LogP contribution in [0.3, 0.4) is 0 Å². The maximum Gasteiger partial charge on any atom is -0.0138 e. The summed E-state index contributed by atoms with van der Waals surface area (Å²) >= 11 is 0. The van der Waals surface area contributed by atoms with E-state index in [0.717, 1.165) is 47.3 Å². The predicted octanol–water partition coefficient (Wildman–Crippen LogP) is 4.91. The topological polar surface area (TPSA) is 0 Å². The van der Waals surface area contributed by atoms with Crippen LogP contribution in [0.25, 0.3) is 0 Å². The third-order valence-electron chi connectivity index (χ3n) is 7.73. The summed E-state index contributed by atoms with van der Waals surface area (Å²) in [6.07, 6.45) is 12.1. The molecule has 0 heteroatoms. The van der Waals surface area contributed by atoms with E-state index in [1.165, 1.54) is 12.3 Å². The van der Waals surface area contributed by atoms with Crippen LogP contribution in [0.15, 0.2) is 11.6 Å². The lowest BCUT2D eigenvalue weighted by molar-refractivity contribution is -0.176. The van der Waals surface area contributed by atoms with Gasteiger partial charge >= 0.3 is 0 Å². The molecule has 4 unspecified atom stereocenters. The average Bonchev–Trinajstić information content (AvgIpc) is 2.41. The molecule has 104 valence electrons. The Morgan fingerprint density at radius 2 is 1.47 bits per heavy atom. The normalized spacial score (nSPS) is 58.8. The lowest BCUT2D eigenvalue weighted by atomic mass is 9.35. The van der Waals surface area contributed by atoms with Crippen molar-refractivity contribution in [3.8, 4) is 0 Å². The summed E-state index contributed by atoms with van der Waals surface area (Å²) in [5.74, 6) is 9.86. The van der Waals surface area contributed by atoms with Crippen molar-refractivity contribution in [1.82, 2.24) is 0 Å². The van der Waals surface area contributed by atoms with E-state index in [2.05, 4.69) is 19.9 Å². The molecule has 0 heterocycles. The summed E-state index contributed by atoms with van der Waals surface area (Å²) in [6.45, 7) is 4.76. The first-order chi connectivity index (χ1) is 9.22. The molecule has 0 aliphatic heterocycles. The van der Waals surface area contributed by atoms with Gasteiger partial charge in [-0.05, 0) is 91.8 Å². The Kier molecular flexibility index (Phi) is 2.21. The van der Waals surface area contributed by atoms with Gasteiger partial charge in [-0.15, -0.1) is 0 Å². The van der Waals surface area contributed by atoms with Gasteiger partial charge in [0.05, 0.1) is 0 Å². The number of rotatable bonds is 2. The third kappa shape index (κ3) is 1.37. The van der Waals surface area contributed by atoms with Crippen molar-refractivity contribution < 1.29 is 0 Å². The zero-order valence-corrected chi connectivity index (χ0v) is 12.5. The first-order valence-corrected chi connectivity index (χ1v) is 8.92. The number of hydrogen-bond acceptors (Lipinski definition) is 0. The molecule has 0 spiro atoms. The highest BCUT2D eigenvalue weighted by Crippen LogP contribution is 2.72. The van der Waals surface area contributed by atoms with Crippen LogP contribution in [0.5, 0.6) is 0 Å². The van der Waals surface area contributed by atoms with Crippen LogP contribution in [0.4, 0.5) is 0 Å². The minimum atomic E-state index is 0.845. The Hall–Kier alpha value is -0.260. The summed E-state index contributed by atoms with van der Waals surface area (Å²) in [4.78, 5) is 0. The molecule has 0 saturated heterocycles. The minimum absolute atomic E-state index is 0.845. The molecule has 0 aromatic carbocycles. The molecular weight excluding hydrogens is 228 g/mol. The molecule has 8 bridgehead atoms. The summed E-state index contributed by atoms with van der Waals surface area (Å²) in [5, 5.41) is 0. The highest BCUT2D eigenvalue weighted by atomic mass is 14.7. The molecule has 4 atom stereocenters. The Morgan fingerprint density at radius 3 is 2.11 bits per heavy atom. The molecule has 0 nitrogen and oxygen atoms in total. The van der Waals surface area contributed by atoms with Gasteiger partial charge in [0.15, 0.2) is 0 Å². The maximum absolute atomic E-state index is 2.72. The van der Waals surface area contributed by atoms with Crippen LogP contribution in [0.2, 0.25) is 0 Å². The van der Waals surface area contributed by atoms with E-state index >= 15 is 0 Å². The molecule has 7 aliphatic rings. The average molecular weight is 256 g/mol. The molecular formula is C19H28. The van der Waals surface area contributed by atoms with E-state index in [-0.39, 0.29) is 0 Å². The second-order valence-corrected chi connectivity index (χ2v) is 8.92. The largest absolute Gasteiger partial charge is 0.0845 e. The second-order valence-electron chi connectivity index (χ2n) is 8.92. The van der Waals surface area contributed by atoms with Gasteiger partial charge in [-0.3, -0.25) is 0 Å². The van der Waals surface area contributed by atoms with Crippen LogP contribution in [-0.2, 0) is 0 Å². The second kappa shape index (κ2) is 3.68. The van der Waals surface area contributed by atoms with Crippen molar-refractivity contribution in [2.45, 2.75) is 52.4 Å². The van der Waals surface area contributed by atoms with E-state index in [1.807, 2.05) is 5.57 Å². The molecule has 0 aromatic heterocycles. The molecule has 0 amide bonds. The summed E-state index contributed by atoms with van der Waals surface area (Å²) in [5.41, 5.74) is 1.97. The van der Waals surface area contributed by atoms with Gasteiger partial charge in [-0.25, -0.2) is 0 Å². The molecule has 0 N–H and O–H groups in total. The fraction of sp³-hybridized carbons (Fsp3) is 0.895. The molecule has 0 aromatic rings. The summed E-state index contributed by atoms with van der Waals surface area (Å²) < 4.78 is 0. The van der Waals surface area contributed by atoms with Crippen molar-refractivity contribution in [2.75, 3.05) is 0 Å². The first kappa shape index (κ1) is 11.4. The zero-order valence-electron chi connectivity index (χ0n) is 12.5. The minimum Gasteiger partial charge on any atom is -0.0845 e. The Bertz CT molecular complexity index is 407. The van der Waals surface area contributed by atoms with Crippen molar-refractivity contribution in [1.29, 1.82) is 0 Å². The molecule has 7 rings (SSSR count). The standard InChI is InChI=1S/C19H28/c1-10(2)3-4-13-12-8-15-14-5-11-6-17(15)19(13)18(7-11)16(14)9-12/h4,10-12,14-19H,3,5-9H2,1-2H3/b13-4-. The van der Waals surface area contributed by atoms with Crippen molar-refractivity contribution in [3.05, 3.63) is 11.6 Å². The van der Waals surface area contributed by atoms with Crippen LogP contribution >= 0.6 is 0 Å². The van der Waals surface area contributed by atoms with Crippen LogP contribution in [0.1, 0.15) is 52.4 Å². The molecule has 0 radical (unpaired) electrons. The SMILES string of the molecule is CC(C)C/C=C1/C2CC3C4CC5CC3C1C(C5)C4C2. The lowest BCUT2D eigenvalue weighted by Crippen LogP contribution is -2.63. The van der Waals surface area contributed by atoms with Gasteiger partial charge in [0.2, 0.25) is 0 Å². The highest BCUT2D eigenvalue weighted by Gasteiger charge is 2.64. The van der Waals surface area contributed by atoms with Crippen molar-refractivity contribution >= 4 is 0 Å². The van der Waals surface area contributed by atoms with Gasteiger partial charge in [0.1, 0.15) is 0 Å². The van der Waals surface area contributed by atoms with E-state index in [1.54, 1.807) is 32.1 Å². The number of hydrogen-bond donors (Lipinski definition) is 0. The van der Waals surface area contributed by atoms with Crippen molar-refractivity contribution in [3.63, 3.8) is 0 Å². The molecule has 19 heavy (non-hydrogen) atoms. The predicted molar refractivity (Wildman–Crippen MR) is 78.5 cm³/mol. The van der Waals surface area contributed by atoms with Gasteiger partial charge in [0, 0.05) is 0 Å². The smallest absolute Gasteiger partial charge is 0.0138 e. The highest BCUT2D eigenvalue weighted by molar-refractivity contribution is 5.28. The monoisotopic (exact) mass is 256 g/mol. The van der Waals surface area contributed by atoms with E-state index in [4.69, 9.17) is 0 Å². The van der Waals surface area contributed by atoms with Gasteiger partial charge < -0.3 is 0 Å². The fourth-order valence-electron chi connectivity index (χ4n) is 7.40. The molecule has 7 aliphatic carbocycles. The van der Waals surface area contributed by atoms with E-state index in [0.29, 0.717) is 0 Å². The third-order valence-corrected chi connectivity index (χ3v) is 7.73. The zero-order chi connectivity index (χ0) is 12.7. The van der Waals surface area contributed by atoms with E-state index in [9.17, 15) is 0 Å². The van der Waals surface area contributed by atoms with Crippen LogP contribution in [0, 0.1) is 53.3 Å². The van der Waals surface area contributed by atoms with Crippen molar-refractivity contribution in [2.24, 2.45) is 53.3 Å². The Morgan fingerprint density at radius 1 is 0.895 bits per heavy atom. The quantitative estimate of drug-likeness (QED) is 0.616. The molecule has 7 saturated carbocycles.